The molecule has 0 aromatic heterocycles. The second-order valence-electron chi connectivity index (χ2n) is 5.48. The van der Waals surface area contributed by atoms with Crippen molar-refractivity contribution in [3.05, 3.63) is 0 Å². The number of amides is 1. The molecule has 6 nitrogen and oxygen atoms in total. The summed E-state index contributed by atoms with van der Waals surface area (Å²) in [6.07, 6.45) is -0.749. The highest BCUT2D eigenvalue weighted by atomic mass is 16.7. The average Bonchev–Trinajstić information content (AvgIpc) is 1.95. The number of hydrogen-bond acceptors (Lipinski definition) is 5. The van der Waals surface area contributed by atoms with E-state index < -0.39 is 23.3 Å². The zero-order valence-electron chi connectivity index (χ0n) is 11.2. The van der Waals surface area contributed by atoms with Crippen molar-refractivity contribution in [2.24, 2.45) is 0 Å². The Morgan fingerprint density at radius 2 is 1.41 bits per heavy atom. The summed E-state index contributed by atoms with van der Waals surface area (Å²) in [7, 11) is 0. The number of carbonyl (C=O) groups is 2. The number of rotatable bonds is 3. The van der Waals surface area contributed by atoms with Crippen LogP contribution in [0.25, 0.3) is 0 Å². The van der Waals surface area contributed by atoms with E-state index in [-0.39, 0.29) is 6.61 Å². The molecule has 0 aromatic carbocycles. The van der Waals surface area contributed by atoms with Crippen LogP contribution in [0.15, 0.2) is 0 Å². The Balaban J connectivity index is 3.78. The van der Waals surface area contributed by atoms with Gasteiger partial charge in [-0.2, -0.15) is 5.48 Å². The van der Waals surface area contributed by atoms with E-state index in [4.69, 9.17) is 9.47 Å². The first-order valence-electron chi connectivity index (χ1n) is 5.32. The van der Waals surface area contributed by atoms with Gasteiger partial charge >= 0.3 is 12.1 Å². The van der Waals surface area contributed by atoms with Gasteiger partial charge < -0.3 is 9.47 Å². The van der Waals surface area contributed by atoms with Crippen LogP contribution in [-0.4, -0.2) is 29.9 Å². The van der Waals surface area contributed by atoms with Crippen LogP contribution in [-0.2, 0) is 19.1 Å². The number of ether oxygens (including phenoxy) is 2. The van der Waals surface area contributed by atoms with E-state index in [2.05, 4.69) is 4.84 Å². The summed E-state index contributed by atoms with van der Waals surface area (Å²) < 4.78 is 9.86. The highest BCUT2D eigenvalue weighted by Gasteiger charge is 2.18. The lowest BCUT2D eigenvalue weighted by atomic mass is 10.2. The van der Waals surface area contributed by atoms with Crippen LogP contribution < -0.4 is 5.48 Å². The lowest BCUT2D eigenvalue weighted by molar-refractivity contribution is -0.162. The highest BCUT2D eigenvalue weighted by molar-refractivity contribution is 5.71. The Bertz CT molecular complexity index is 247. The average molecular weight is 247 g/mol. The van der Waals surface area contributed by atoms with Crippen LogP contribution in [0, 0.1) is 0 Å². The van der Waals surface area contributed by atoms with Gasteiger partial charge in [0.15, 0.2) is 6.61 Å². The van der Waals surface area contributed by atoms with Crippen LogP contribution >= 0.6 is 0 Å². The van der Waals surface area contributed by atoms with Crippen LogP contribution in [0.4, 0.5) is 4.79 Å². The Kier molecular flexibility index (Phi) is 5.41. The van der Waals surface area contributed by atoms with Gasteiger partial charge in [-0.3, -0.25) is 4.84 Å². The minimum absolute atomic E-state index is 0.365. The highest BCUT2D eigenvalue weighted by Crippen LogP contribution is 2.07. The molecule has 0 rings (SSSR count). The Morgan fingerprint density at radius 3 is 1.82 bits per heavy atom. The zero-order chi connectivity index (χ0) is 13.7. The van der Waals surface area contributed by atoms with Gasteiger partial charge in [-0.25, -0.2) is 9.59 Å². The molecule has 0 heterocycles. The minimum Gasteiger partial charge on any atom is -0.458 e. The SMILES string of the molecule is CC(C)(C)OC(=O)CONC(=O)OC(C)(C)C. The molecule has 0 aliphatic rings. The molecule has 0 fully saturated rings. The maximum Gasteiger partial charge on any atom is 0.431 e. The van der Waals surface area contributed by atoms with Gasteiger partial charge in [-0.1, -0.05) is 0 Å². The largest absolute Gasteiger partial charge is 0.458 e. The van der Waals surface area contributed by atoms with E-state index >= 15 is 0 Å². The van der Waals surface area contributed by atoms with Crippen LogP contribution in [0.3, 0.4) is 0 Å². The summed E-state index contributed by atoms with van der Waals surface area (Å²) >= 11 is 0. The van der Waals surface area contributed by atoms with E-state index in [1.165, 1.54) is 0 Å². The van der Waals surface area contributed by atoms with Gasteiger partial charge in [0.25, 0.3) is 0 Å². The molecule has 0 unspecified atom stereocenters. The van der Waals surface area contributed by atoms with Gasteiger partial charge in [0.2, 0.25) is 0 Å². The summed E-state index contributed by atoms with van der Waals surface area (Å²) in [6.45, 7) is 10.0. The van der Waals surface area contributed by atoms with Crippen molar-refractivity contribution >= 4 is 12.1 Å². The molecule has 1 amide bonds. The third-order valence-corrected chi connectivity index (χ3v) is 1.16. The second kappa shape index (κ2) is 5.86. The van der Waals surface area contributed by atoms with Crippen molar-refractivity contribution in [2.45, 2.75) is 52.7 Å². The summed E-state index contributed by atoms with van der Waals surface area (Å²) in [5.41, 5.74) is 0.805. The third-order valence-electron chi connectivity index (χ3n) is 1.16. The van der Waals surface area contributed by atoms with Gasteiger partial charge in [0.1, 0.15) is 11.2 Å². The molecule has 17 heavy (non-hydrogen) atoms. The predicted molar refractivity (Wildman–Crippen MR) is 61.2 cm³/mol. The van der Waals surface area contributed by atoms with Gasteiger partial charge in [0.05, 0.1) is 0 Å². The maximum absolute atomic E-state index is 11.2. The van der Waals surface area contributed by atoms with E-state index in [0.717, 1.165) is 0 Å². The molecule has 0 bridgehead atoms. The Hall–Kier alpha value is -1.30. The molecule has 0 spiro atoms. The molecular weight excluding hydrogens is 226 g/mol. The normalized spacial score (nSPS) is 11.9. The summed E-state index contributed by atoms with van der Waals surface area (Å²) in [5.74, 6) is -0.562. The van der Waals surface area contributed by atoms with Crippen molar-refractivity contribution in [3.63, 3.8) is 0 Å². The molecule has 0 atom stereocenters. The van der Waals surface area contributed by atoms with Crippen molar-refractivity contribution in [3.8, 4) is 0 Å². The molecule has 1 N–H and O–H groups in total. The second-order valence-corrected chi connectivity index (χ2v) is 5.48. The topological polar surface area (TPSA) is 73.9 Å². The lowest BCUT2D eigenvalue weighted by Gasteiger charge is -2.20. The molecule has 0 saturated heterocycles. The van der Waals surface area contributed by atoms with E-state index in [1.54, 1.807) is 41.5 Å². The van der Waals surface area contributed by atoms with Crippen molar-refractivity contribution in [2.75, 3.05) is 6.61 Å². The third kappa shape index (κ3) is 11.0. The molecule has 0 aromatic rings. The molecule has 0 aliphatic carbocycles. The smallest absolute Gasteiger partial charge is 0.431 e. The van der Waals surface area contributed by atoms with Gasteiger partial charge in [-0.15, -0.1) is 0 Å². The summed E-state index contributed by atoms with van der Waals surface area (Å²) in [6, 6.07) is 0. The Labute approximate surface area is 102 Å². The van der Waals surface area contributed by atoms with Crippen LogP contribution in [0.1, 0.15) is 41.5 Å². The van der Waals surface area contributed by atoms with Gasteiger partial charge in [0, 0.05) is 0 Å². The minimum atomic E-state index is -0.749. The predicted octanol–water partition coefficient (Wildman–Crippen LogP) is 1.78. The van der Waals surface area contributed by atoms with Gasteiger partial charge in [-0.05, 0) is 41.5 Å². The van der Waals surface area contributed by atoms with Crippen molar-refractivity contribution < 1.29 is 23.9 Å². The Morgan fingerprint density at radius 1 is 0.941 bits per heavy atom. The number of hydrogen-bond donors (Lipinski definition) is 1. The number of carbonyl (C=O) groups excluding carboxylic acids is 2. The van der Waals surface area contributed by atoms with Crippen molar-refractivity contribution in [1.29, 1.82) is 0 Å². The number of hydroxylamine groups is 1. The fraction of sp³-hybridized carbons (Fsp3) is 0.818. The van der Waals surface area contributed by atoms with Crippen LogP contribution in [0.2, 0.25) is 0 Å². The number of nitrogens with one attached hydrogen (secondary N) is 1. The first-order chi connectivity index (χ1) is 7.49. The number of esters is 1. The summed E-state index contributed by atoms with van der Waals surface area (Å²) in [5, 5.41) is 0. The molecule has 0 radical (unpaired) electrons. The quantitative estimate of drug-likeness (QED) is 0.608. The van der Waals surface area contributed by atoms with E-state index in [0.29, 0.717) is 0 Å². The first-order valence-corrected chi connectivity index (χ1v) is 5.32. The first kappa shape index (κ1) is 15.7. The molecule has 0 saturated carbocycles. The fourth-order valence-electron chi connectivity index (χ4n) is 0.824. The monoisotopic (exact) mass is 247 g/mol. The zero-order valence-corrected chi connectivity index (χ0v) is 11.2. The lowest BCUT2D eigenvalue weighted by Crippen LogP contribution is -2.35. The van der Waals surface area contributed by atoms with Crippen LogP contribution in [0.5, 0.6) is 0 Å². The summed E-state index contributed by atoms with van der Waals surface area (Å²) in [4.78, 5) is 27.0. The maximum atomic E-state index is 11.2. The molecule has 6 heteroatoms. The van der Waals surface area contributed by atoms with E-state index in [9.17, 15) is 9.59 Å². The standard InChI is InChI=1S/C11H21NO5/c1-10(2,3)16-8(13)7-15-12-9(14)17-11(4,5)6/h7H2,1-6H3,(H,12,14). The fourth-order valence-corrected chi connectivity index (χ4v) is 0.824. The molecular formula is C11H21NO5. The van der Waals surface area contributed by atoms with Crippen molar-refractivity contribution in [1.82, 2.24) is 5.48 Å². The molecule has 0 aliphatic heterocycles. The molecule has 100 valence electrons. The van der Waals surface area contributed by atoms with E-state index in [1.807, 2.05) is 5.48 Å².